The van der Waals surface area contributed by atoms with Crippen LogP contribution in [0.1, 0.15) is 44.0 Å². The monoisotopic (exact) mass is 446 g/mol. The van der Waals surface area contributed by atoms with Gasteiger partial charge in [-0.2, -0.15) is 4.31 Å². The van der Waals surface area contributed by atoms with Gasteiger partial charge in [-0.15, -0.1) is 0 Å². The van der Waals surface area contributed by atoms with Crippen molar-refractivity contribution in [2.24, 2.45) is 0 Å². The van der Waals surface area contributed by atoms with Gasteiger partial charge in [-0.05, 0) is 63.4 Å². The molecule has 0 spiro atoms. The summed E-state index contributed by atoms with van der Waals surface area (Å²) in [6, 6.07) is 8.67. The second-order valence-corrected chi connectivity index (χ2v) is 10.4. The number of rotatable bonds is 7. The van der Waals surface area contributed by atoms with Crippen LogP contribution in [0.15, 0.2) is 35.2 Å². The first kappa shape index (κ1) is 23.0. The molecule has 0 fully saturated rings. The van der Waals surface area contributed by atoms with Crippen LogP contribution in [0.25, 0.3) is 0 Å². The summed E-state index contributed by atoms with van der Waals surface area (Å²) in [6.07, 6.45) is 0.991. The molecule has 0 radical (unpaired) electrons. The molecule has 3 rings (SSSR count). The number of sulfonamides is 1. The Morgan fingerprint density at radius 3 is 2.42 bits per heavy atom. The molecule has 1 aliphatic heterocycles. The van der Waals surface area contributed by atoms with E-state index in [1.54, 1.807) is 12.1 Å². The fraction of sp³-hybridized carbons (Fsp3) is 0.455. The number of benzene rings is 1. The lowest BCUT2D eigenvalue weighted by Gasteiger charge is -2.30. The Hall–Kier alpha value is -2.65. The third-order valence-electron chi connectivity index (χ3n) is 5.91. The predicted molar refractivity (Wildman–Crippen MR) is 121 cm³/mol. The van der Waals surface area contributed by atoms with Gasteiger partial charge in [0.15, 0.2) is 5.82 Å². The zero-order valence-corrected chi connectivity index (χ0v) is 19.6. The third-order valence-corrected chi connectivity index (χ3v) is 7.96. The van der Waals surface area contributed by atoms with Gasteiger partial charge in [0.25, 0.3) is 0 Å². The lowest BCUT2D eigenvalue weighted by atomic mass is 10.1. The average Bonchev–Trinajstić information content (AvgIpc) is 3.05. The van der Waals surface area contributed by atoms with E-state index in [0.29, 0.717) is 6.54 Å². The smallest absolute Gasteiger partial charge is 0.324 e. The predicted octanol–water partition coefficient (Wildman–Crippen LogP) is 3.35. The van der Waals surface area contributed by atoms with Gasteiger partial charge in [0, 0.05) is 19.3 Å². The summed E-state index contributed by atoms with van der Waals surface area (Å²) < 4.78 is 26.7. The van der Waals surface area contributed by atoms with Crippen molar-refractivity contribution in [1.29, 1.82) is 0 Å². The molecule has 31 heavy (non-hydrogen) atoms. The summed E-state index contributed by atoms with van der Waals surface area (Å²) >= 11 is 0. The Bertz CT molecular complexity index is 1100. The van der Waals surface area contributed by atoms with Gasteiger partial charge < -0.3 is 15.3 Å². The van der Waals surface area contributed by atoms with Crippen molar-refractivity contribution >= 4 is 27.5 Å². The van der Waals surface area contributed by atoms with Crippen LogP contribution in [-0.2, 0) is 21.4 Å². The van der Waals surface area contributed by atoms with Gasteiger partial charge in [0.05, 0.1) is 10.6 Å². The van der Waals surface area contributed by atoms with Gasteiger partial charge in [-0.1, -0.05) is 19.1 Å². The first-order valence-corrected chi connectivity index (χ1v) is 11.7. The second-order valence-electron chi connectivity index (χ2n) is 8.45. The summed E-state index contributed by atoms with van der Waals surface area (Å²) in [4.78, 5) is 18.4. The number of nitrogens with one attached hydrogen (secondary N) is 1. The van der Waals surface area contributed by atoms with Gasteiger partial charge in [-0.3, -0.25) is 4.79 Å². The van der Waals surface area contributed by atoms with E-state index in [1.807, 2.05) is 6.92 Å². The SMILES string of the molecule is CCC1Nc2nc(C)cc(C)c2N1Cc1ccc(S(=O)(=O)N(C)C(C)(C)C(=O)O)cc1. The standard InChI is InChI=1S/C22H30N4O4S/c1-7-18-24-20-19(14(2)12-15(3)23-20)26(18)13-16-8-10-17(11-9-16)31(29,30)25(6)22(4,5)21(27)28/h8-12,18H,7,13H2,1-6H3,(H,23,24)(H,27,28). The molecule has 0 amide bonds. The zero-order chi connectivity index (χ0) is 23.1. The Labute approximate surface area is 184 Å². The van der Waals surface area contributed by atoms with Crippen LogP contribution in [-0.4, -0.2) is 47.5 Å². The largest absolute Gasteiger partial charge is 0.480 e. The zero-order valence-electron chi connectivity index (χ0n) is 18.8. The Kier molecular flexibility index (Phi) is 6.03. The Balaban J connectivity index is 1.87. The number of carboxylic acids is 1. The van der Waals surface area contributed by atoms with E-state index in [-0.39, 0.29) is 11.1 Å². The normalized spacial score (nSPS) is 16.4. The molecule has 0 saturated heterocycles. The lowest BCUT2D eigenvalue weighted by Crippen LogP contribution is -2.50. The van der Waals surface area contributed by atoms with E-state index in [4.69, 9.17) is 0 Å². The van der Waals surface area contributed by atoms with Crippen molar-refractivity contribution < 1.29 is 18.3 Å². The lowest BCUT2D eigenvalue weighted by molar-refractivity contribution is -0.145. The molecule has 0 bridgehead atoms. The van der Waals surface area contributed by atoms with Crippen LogP contribution < -0.4 is 10.2 Å². The molecular weight excluding hydrogens is 416 g/mol. The number of carbonyl (C=O) groups is 1. The van der Waals surface area contributed by atoms with Gasteiger partial charge in [0.1, 0.15) is 11.7 Å². The van der Waals surface area contributed by atoms with Crippen molar-refractivity contribution in [3.05, 3.63) is 47.2 Å². The van der Waals surface area contributed by atoms with Crippen LogP contribution in [0.2, 0.25) is 0 Å². The minimum absolute atomic E-state index is 0.0635. The van der Waals surface area contributed by atoms with Crippen LogP contribution in [0, 0.1) is 13.8 Å². The summed E-state index contributed by atoms with van der Waals surface area (Å²) in [6.45, 7) is 9.47. The molecular formula is C22H30N4O4S. The van der Waals surface area contributed by atoms with E-state index in [2.05, 4.69) is 35.1 Å². The minimum Gasteiger partial charge on any atom is -0.480 e. The van der Waals surface area contributed by atoms with Crippen molar-refractivity contribution in [2.45, 2.75) is 64.2 Å². The van der Waals surface area contributed by atoms with E-state index >= 15 is 0 Å². The summed E-state index contributed by atoms with van der Waals surface area (Å²) in [7, 11) is -2.66. The molecule has 1 atom stereocenters. The van der Waals surface area contributed by atoms with Crippen LogP contribution in [0.4, 0.5) is 11.5 Å². The molecule has 0 aliphatic carbocycles. The van der Waals surface area contributed by atoms with E-state index < -0.39 is 21.5 Å². The Morgan fingerprint density at radius 1 is 1.26 bits per heavy atom. The number of pyridine rings is 1. The van der Waals surface area contributed by atoms with E-state index in [9.17, 15) is 18.3 Å². The number of likely N-dealkylation sites (N-methyl/N-ethyl adjacent to an activating group) is 1. The van der Waals surface area contributed by atoms with Gasteiger partial charge >= 0.3 is 5.97 Å². The summed E-state index contributed by atoms with van der Waals surface area (Å²) in [5.74, 6) is -0.332. The van der Waals surface area contributed by atoms with Crippen molar-refractivity contribution in [1.82, 2.24) is 9.29 Å². The molecule has 9 heteroatoms. The number of nitrogens with zero attached hydrogens (tertiary/aromatic N) is 3. The number of aromatic nitrogens is 1. The first-order valence-electron chi connectivity index (χ1n) is 10.2. The van der Waals surface area contributed by atoms with Crippen molar-refractivity contribution in [2.75, 3.05) is 17.3 Å². The highest BCUT2D eigenvalue weighted by molar-refractivity contribution is 7.89. The average molecular weight is 447 g/mol. The molecule has 1 unspecified atom stereocenters. The fourth-order valence-corrected chi connectivity index (χ4v) is 5.23. The minimum atomic E-state index is -3.94. The first-order chi connectivity index (χ1) is 14.4. The summed E-state index contributed by atoms with van der Waals surface area (Å²) in [5.41, 5.74) is 2.56. The molecule has 1 aromatic carbocycles. The highest BCUT2D eigenvalue weighted by atomic mass is 32.2. The van der Waals surface area contributed by atoms with Gasteiger partial charge in [-0.25, -0.2) is 13.4 Å². The maximum atomic E-state index is 12.9. The Morgan fingerprint density at radius 2 is 1.87 bits per heavy atom. The molecule has 2 heterocycles. The number of hydrogen-bond acceptors (Lipinski definition) is 6. The summed E-state index contributed by atoms with van der Waals surface area (Å²) in [5, 5.41) is 12.8. The second kappa shape index (κ2) is 8.12. The molecule has 168 valence electrons. The molecule has 1 aliphatic rings. The van der Waals surface area contributed by atoms with Crippen molar-refractivity contribution in [3.8, 4) is 0 Å². The van der Waals surface area contributed by atoms with Crippen LogP contribution in [0.5, 0.6) is 0 Å². The highest BCUT2D eigenvalue weighted by Gasteiger charge is 2.40. The third kappa shape index (κ3) is 4.12. The molecule has 0 saturated carbocycles. The van der Waals surface area contributed by atoms with Gasteiger partial charge in [0.2, 0.25) is 10.0 Å². The van der Waals surface area contributed by atoms with Crippen LogP contribution in [0.3, 0.4) is 0 Å². The number of anilines is 2. The maximum Gasteiger partial charge on any atom is 0.324 e. The van der Waals surface area contributed by atoms with E-state index in [0.717, 1.165) is 39.1 Å². The number of carboxylic acid groups (broad SMARTS) is 1. The maximum absolute atomic E-state index is 12.9. The number of fused-ring (bicyclic) bond motifs is 1. The molecule has 1 aromatic heterocycles. The molecule has 2 aromatic rings. The topological polar surface area (TPSA) is 103 Å². The fourth-order valence-electron chi connectivity index (χ4n) is 3.75. The quantitative estimate of drug-likeness (QED) is 0.672. The number of hydrogen-bond donors (Lipinski definition) is 2. The molecule has 8 nitrogen and oxygen atoms in total. The van der Waals surface area contributed by atoms with Crippen LogP contribution >= 0.6 is 0 Å². The molecule has 2 N–H and O–H groups in total. The van der Waals surface area contributed by atoms with E-state index in [1.165, 1.54) is 33.0 Å². The van der Waals surface area contributed by atoms with Crippen molar-refractivity contribution in [3.63, 3.8) is 0 Å². The number of aliphatic carboxylic acids is 1. The number of aryl methyl sites for hydroxylation is 2. The highest BCUT2D eigenvalue weighted by Crippen LogP contribution is 2.38.